The van der Waals surface area contributed by atoms with Crippen LogP contribution in [0.4, 0.5) is 5.00 Å². The van der Waals surface area contributed by atoms with Gasteiger partial charge in [-0.3, -0.25) is 4.79 Å². The molecule has 1 aromatic heterocycles. The quantitative estimate of drug-likeness (QED) is 0.910. The van der Waals surface area contributed by atoms with Gasteiger partial charge in [0.25, 0.3) is 5.91 Å². The number of hydrogen-bond acceptors (Lipinski definition) is 5. The zero-order valence-corrected chi connectivity index (χ0v) is 11.9. The molecule has 2 atom stereocenters. The van der Waals surface area contributed by atoms with Crippen LogP contribution in [0.3, 0.4) is 0 Å². The fourth-order valence-electron chi connectivity index (χ4n) is 2.14. The minimum Gasteiger partial charge on any atom is -0.478 e. The molecule has 0 saturated carbocycles. The Morgan fingerprint density at radius 1 is 1.53 bits per heavy atom. The molecule has 6 nitrogen and oxygen atoms in total. The van der Waals surface area contributed by atoms with Crippen LogP contribution in [0.2, 0.25) is 0 Å². The van der Waals surface area contributed by atoms with Gasteiger partial charge >= 0.3 is 5.97 Å². The van der Waals surface area contributed by atoms with E-state index in [4.69, 9.17) is 4.74 Å². The fraction of sp³-hybridized carbons (Fsp3) is 0.583. The first-order valence-corrected chi connectivity index (χ1v) is 6.79. The molecule has 1 aliphatic rings. The van der Waals surface area contributed by atoms with Gasteiger partial charge in [-0.2, -0.15) is 4.37 Å². The Morgan fingerprint density at radius 3 is 2.74 bits per heavy atom. The molecule has 2 heterocycles. The number of ether oxygens (including phenoxy) is 1. The van der Waals surface area contributed by atoms with Gasteiger partial charge in [0.1, 0.15) is 16.7 Å². The molecular weight excluding hydrogens is 268 g/mol. The predicted octanol–water partition coefficient (Wildman–Crippen LogP) is 1.54. The number of amides is 1. The Labute approximate surface area is 115 Å². The number of nitrogens with zero attached hydrogens (tertiary/aromatic N) is 2. The number of likely N-dealkylation sites (N-methyl/N-ethyl adjacent to an activating group) is 1. The summed E-state index contributed by atoms with van der Waals surface area (Å²) < 4.78 is 9.44. The highest BCUT2D eigenvalue weighted by Crippen LogP contribution is 2.30. The van der Waals surface area contributed by atoms with E-state index >= 15 is 0 Å². The van der Waals surface area contributed by atoms with Gasteiger partial charge in [-0.05, 0) is 30.8 Å². The lowest BCUT2D eigenvalue weighted by molar-refractivity contribution is -0.128. The van der Waals surface area contributed by atoms with E-state index in [1.165, 1.54) is 4.90 Å². The lowest BCUT2D eigenvalue weighted by atomic mass is 10.0. The fourth-order valence-corrected chi connectivity index (χ4v) is 2.99. The van der Waals surface area contributed by atoms with Crippen LogP contribution in [0.25, 0.3) is 0 Å². The zero-order valence-electron chi connectivity index (χ0n) is 11.0. The number of carboxylic acids is 1. The summed E-state index contributed by atoms with van der Waals surface area (Å²) in [4.78, 5) is 24.9. The van der Waals surface area contributed by atoms with Gasteiger partial charge in [0, 0.05) is 13.7 Å². The van der Waals surface area contributed by atoms with Crippen molar-refractivity contribution < 1.29 is 19.4 Å². The van der Waals surface area contributed by atoms with Gasteiger partial charge in [0.05, 0.1) is 5.69 Å². The summed E-state index contributed by atoms with van der Waals surface area (Å²) in [6, 6.07) is 0. The van der Waals surface area contributed by atoms with Crippen LogP contribution in [-0.2, 0) is 9.53 Å². The molecule has 7 heteroatoms. The topological polar surface area (TPSA) is 79.7 Å². The van der Waals surface area contributed by atoms with Crippen LogP contribution in [0.5, 0.6) is 0 Å². The Bertz CT molecular complexity index is 514. The van der Waals surface area contributed by atoms with E-state index in [9.17, 15) is 14.7 Å². The molecule has 1 aromatic rings. The van der Waals surface area contributed by atoms with E-state index in [1.807, 2.05) is 6.92 Å². The van der Waals surface area contributed by atoms with Crippen molar-refractivity contribution in [2.24, 2.45) is 5.92 Å². The van der Waals surface area contributed by atoms with Crippen LogP contribution in [0, 0.1) is 12.8 Å². The number of aromatic carboxylic acids is 1. The normalized spacial score (nSPS) is 22.5. The minimum atomic E-state index is -1.07. The predicted molar refractivity (Wildman–Crippen MR) is 70.7 cm³/mol. The monoisotopic (exact) mass is 284 g/mol. The molecule has 2 rings (SSSR count). The summed E-state index contributed by atoms with van der Waals surface area (Å²) in [6.45, 7) is 4.15. The van der Waals surface area contributed by atoms with Gasteiger partial charge in [0.15, 0.2) is 0 Å². The van der Waals surface area contributed by atoms with Crippen molar-refractivity contribution in [3.63, 3.8) is 0 Å². The van der Waals surface area contributed by atoms with Crippen molar-refractivity contribution in [1.29, 1.82) is 0 Å². The second-order valence-electron chi connectivity index (χ2n) is 4.71. The van der Waals surface area contributed by atoms with Crippen molar-refractivity contribution >= 4 is 28.4 Å². The third-order valence-corrected chi connectivity index (χ3v) is 4.34. The van der Waals surface area contributed by atoms with Crippen molar-refractivity contribution in [1.82, 2.24) is 4.37 Å². The molecule has 0 aliphatic carbocycles. The van der Waals surface area contributed by atoms with E-state index < -0.39 is 12.1 Å². The molecule has 0 bridgehead atoms. The first kappa shape index (κ1) is 14.0. The zero-order chi connectivity index (χ0) is 14.2. The van der Waals surface area contributed by atoms with Crippen molar-refractivity contribution in [2.75, 3.05) is 18.6 Å². The Morgan fingerprint density at radius 2 is 2.21 bits per heavy atom. The van der Waals surface area contributed by atoms with Crippen molar-refractivity contribution in [3.05, 3.63) is 11.3 Å². The van der Waals surface area contributed by atoms with Crippen LogP contribution in [-0.4, -0.2) is 41.1 Å². The number of aryl methyl sites for hydroxylation is 1. The second kappa shape index (κ2) is 5.26. The molecule has 104 valence electrons. The number of carbonyl (C=O) groups is 2. The summed E-state index contributed by atoms with van der Waals surface area (Å²) in [5.41, 5.74) is 0.513. The average molecular weight is 284 g/mol. The summed E-state index contributed by atoms with van der Waals surface area (Å²) in [6.07, 6.45) is 0.353. The maximum absolute atomic E-state index is 12.3. The Kier molecular flexibility index (Phi) is 3.86. The summed E-state index contributed by atoms with van der Waals surface area (Å²) >= 11 is 1.02. The van der Waals surface area contributed by atoms with E-state index in [0.29, 0.717) is 17.3 Å². The van der Waals surface area contributed by atoms with Crippen LogP contribution in [0.1, 0.15) is 29.4 Å². The highest BCUT2D eigenvalue weighted by Gasteiger charge is 2.35. The molecule has 1 N–H and O–H groups in total. The largest absolute Gasteiger partial charge is 0.478 e. The van der Waals surface area contributed by atoms with Crippen LogP contribution in [0.15, 0.2) is 0 Å². The number of carboxylic acid groups (broad SMARTS) is 1. The molecule has 1 aliphatic heterocycles. The lowest BCUT2D eigenvalue weighted by Gasteiger charge is -2.21. The molecule has 0 radical (unpaired) electrons. The molecule has 0 spiro atoms. The second-order valence-corrected chi connectivity index (χ2v) is 5.46. The highest BCUT2D eigenvalue weighted by atomic mass is 32.1. The lowest BCUT2D eigenvalue weighted by Crippen LogP contribution is -2.39. The van der Waals surface area contributed by atoms with Gasteiger partial charge in [-0.1, -0.05) is 6.92 Å². The number of aromatic nitrogens is 1. The van der Waals surface area contributed by atoms with Crippen LogP contribution < -0.4 is 4.90 Å². The number of carbonyl (C=O) groups excluding carboxylic acids is 1. The highest BCUT2D eigenvalue weighted by molar-refractivity contribution is 7.11. The van der Waals surface area contributed by atoms with Gasteiger partial charge < -0.3 is 14.7 Å². The van der Waals surface area contributed by atoms with Gasteiger partial charge in [0.2, 0.25) is 0 Å². The third-order valence-electron chi connectivity index (χ3n) is 3.32. The number of rotatable bonds is 3. The van der Waals surface area contributed by atoms with Crippen LogP contribution >= 0.6 is 11.5 Å². The molecule has 19 heavy (non-hydrogen) atoms. The van der Waals surface area contributed by atoms with E-state index in [0.717, 1.165) is 18.0 Å². The molecule has 1 amide bonds. The summed E-state index contributed by atoms with van der Waals surface area (Å²) in [5.74, 6) is -1.13. The molecular formula is C12H16N2O4S. The Balaban J connectivity index is 2.27. The van der Waals surface area contributed by atoms with Crippen molar-refractivity contribution in [3.8, 4) is 0 Å². The molecule has 0 aromatic carbocycles. The van der Waals surface area contributed by atoms with E-state index in [1.54, 1.807) is 14.0 Å². The molecule has 2 unspecified atom stereocenters. The van der Waals surface area contributed by atoms with E-state index in [-0.39, 0.29) is 17.4 Å². The SMILES string of the molecule is Cc1nsc(N(C)C(=O)C2OCCC2C)c1C(=O)O. The standard InChI is InChI=1S/C12H16N2O4S/c1-6-4-5-18-9(6)10(15)14(3)11-8(12(16)17)7(2)13-19-11/h6,9H,4-5H2,1-3H3,(H,16,17). The average Bonchev–Trinajstić information content (AvgIpc) is 2.93. The summed E-state index contributed by atoms with van der Waals surface area (Å²) in [7, 11) is 1.57. The summed E-state index contributed by atoms with van der Waals surface area (Å²) in [5, 5.41) is 9.54. The smallest absolute Gasteiger partial charge is 0.340 e. The van der Waals surface area contributed by atoms with Gasteiger partial charge in [-0.25, -0.2) is 4.79 Å². The minimum absolute atomic E-state index is 0.0894. The third kappa shape index (κ3) is 2.48. The maximum Gasteiger partial charge on any atom is 0.340 e. The number of anilines is 1. The van der Waals surface area contributed by atoms with Crippen molar-refractivity contribution in [2.45, 2.75) is 26.4 Å². The first-order valence-electron chi connectivity index (χ1n) is 6.02. The maximum atomic E-state index is 12.3. The molecule has 1 fully saturated rings. The Hall–Kier alpha value is -1.47. The van der Waals surface area contributed by atoms with Gasteiger partial charge in [-0.15, -0.1) is 0 Å². The molecule has 1 saturated heterocycles. The first-order chi connectivity index (χ1) is 8.93. The number of hydrogen-bond donors (Lipinski definition) is 1. The van der Waals surface area contributed by atoms with E-state index in [2.05, 4.69) is 4.37 Å².